The van der Waals surface area contributed by atoms with E-state index in [2.05, 4.69) is 9.71 Å². The Labute approximate surface area is 188 Å². The average Bonchev–Trinajstić information content (AvgIpc) is 3.16. The summed E-state index contributed by atoms with van der Waals surface area (Å²) in [7, 11) is -3.63. The van der Waals surface area contributed by atoms with Gasteiger partial charge in [0.1, 0.15) is 11.5 Å². The number of ether oxygens (including phenoxy) is 1. The number of hydrogen-bond donors (Lipinski definition) is 1. The Morgan fingerprint density at radius 1 is 0.906 bits per heavy atom. The van der Waals surface area contributed by atoms with E-state index in [1.165, 1.54) is 0 Å². The summed E-state index contributed by atoms with van der Waals surface area (Å²) in [6.45, 7) is 4.23. The molecule has 1 N–H and O–H groups in total. The summed E-state index contributed by atoms with van der Waals surface area (Å²) in [5.41, 5.74) is 3.26. The lowest BCUT2D eigenvalue weighted by atomic mass is 10.2. The lowest BCUT2D eigenvalue weighted by molar-refractivity contribution is 0.320. The fourth-order valence-electron chi connectivity index (χ4n) is 3.18. The maximum absolute atomic E-state index is 12.5. The summed E-state index contributed by atoms with van der Waals surface area (Å²) >= 11 is 0. The molecule has 0 amide bonds. The van der Waals surface area contributed by atoms with Crippen molar-refractivity contribution in [3.63, 3.8) is 0 Å². The van der Waals surface area contributed by atoms with E-state index in [4.69, 9.17) is 9.15 Å². The highest BCUT2D eigenvalue weighted by Crippen LogP contribution is 2.23. The quantitative estimate of drug-likeness (QED) is 0.391. The van der Waals surface area contributed by atoms with Crippen LogP contribution in [0.2, 0.25) is 0 Å². The number of aromatic nitrogens is 1. The van der Waals surface area contributed by atoms with Gasteiger partial charge in [-0.15, -0.1) is 0 Å². The molecule has 0 saturated heterocycles. The molecule has 0 aliphatic carbocycles. The van der Waals surface area contributed by atoms with Gasteiger partial charge in [0.2, 0.25) is 5.89 Å². The third-order valence-electron chi connectivity index (χ3n) is 4.96. The maximum Gasteiger partial charge on any atom is 0.261 e. The second-order valence-electron chi connectivity index (χ2n) is 7.43. The van der Waals surface area contributed by atoms with Crippen molar-refractivity contribution < 1.29 is 17.6 Å². The molecule has 0 fully saturated rings. The Morgan fingerprint density at radius 3 is 2.28 bits per heavy atom. The summed E-state index contributed by atoms with van der Waals surface area (Å²) in [5, 5.41) is 0. The van der Waals surface area contributed by atoms with Crippen molar-refractivity contribution in [1.29, 1.82) is 0 Å². The van der Waals surface area contributed by atoms with Gasteiger partial charge in [0, 0.05) is 17.7 Å². The number of sulfonamides is 1. The molecule has 3 aromatic carbocycles. The van der Waals surface area contributed by atoms with E-state index in [-0.39, 0.29) is 4.90 Å². The van der Waals surface area contributed by atoms with E-state index in [0.29, 0.717) is 30.4 Å². The minimum atomic E-state index is -3.63. The maximum atomic E-state index is 12.5. The highest BCUT2D eigenvalue weighted by Gasteiger charge is 2.14. The summed E-state index contributed by atoms with van der Waals surface area (Å²) < 4.78 is 39.2. The molecule has 1 heterocycles. The molecule has 0 spiro atoms. The molecule has 6 nitrogen and oxygen atoms in total. The second kappa shape index (κ2) is 9.28. The molecule has 7 heteroatoms. The van der Waals surface area contributed by atoms with Crippen LogP contribution >= 0.6 is 0 Å². The van der Waals surface area contributed by atoms with Crippen molar-refractivity contribution in [2.75, 3.05) is 11.3 Å². The highest BCUT2D eigenvalue weighted by molar-refractivity contribution is 7.92. The van der Waals surface area contributed by atoms with Crippen LogP contribution in [0.25, 0.3) is 11.5 Å². The molecular formula is C25H24N2O4S. The van der Waals surface area contributed by atoms with Gasteiger partial charge in [-0.2, -0.15) is 0 Å². The van der Waals surface area contributed by atoms with Gasteiger partial charge in [-0.3, -0.25) is 4.72 Å². The van der Waals surface area contributed by atoms with Crippen molar-refractivity contribution in [3.05, 3.63) is 95.9 Å². The third kappa shape index (κ3) is 5.18. The Morgan fingerprint density at radius 2 is 1.59 bits per heavy atom. The molecule has 32 heavy (non-hydrogen) atoms. The van der Waals surface area contributed by atoms with E-state index < -0.39 is 10.0 Å². The van der Waals surface area contributed by atoms with Gasteiger partial charge in [-0.1, -0.05) is 35.9 Å². The van der Waals surface area contributed by atoms with Crippen LogP contribution in [0.5, 0.6) is 5.75 Å². The molecule has 0 bridgehead atoms. The zero-order valence-electron chi connectivity index (χ0n) is 17.9. The molecule has 0 atom stereocenters. The van der Waals surface area contributed by atoms with Crippen LogP contribution in [-0.2, 0) is 16.4 Å². The Bertz CT molecular complexity index is 1280. The van der Waals surface area contributed by atoms with E-state index in [1.807, 2.05) is 44.2 Å². The number of nitrogens with one attached hydrogen (secondary N) is 1. The van der Waals surface area contributed by atoms with Crippen LogP contribution < -0.4 is 9.46 Å². The van der Waals surface area contributed by atoms with E-state index in [0.717, 1.165) is 22.6 Å². The van der Waals surface area contributed by atoms with Gasteiger partial charge in [0.25, 0.3) is 10.0 Å². The van der Waals surface area contributed by atoms with Gasteiger partial charge < -0.3 is 9.15 Å². The van der Waals surface area contributed by atoms with Crippen LogP contribution in [0.15, 0.2) is 88.2 Å². The van der Waals surface area contributed by atoms with Crippen molar-refractivity contribution >= 4 is 15.7 Å². The molecule has 0 saturated carbocycles. The Kier molecular flexibility index (Phi) is 6.28. The van der Waals surface area contributed by atoms with Gasteiger partial charge in [-0.25, -0.2) is 13.4 Å². The minimum absolute atomic E-state index is 0.223. The zero-order valence-corrected chi connectivity index (χ0v) is 18.7. The molecule has 0 radical (unpaired) electrons. The first-order chi connectivity index (χ1) is 15.4. The number of hydrogen-bond acceptors (Lipinski definition) is 5. The van der Waals surface area contributed by atoms with Crippen LogP contribution in [-0.4, -0.2) is 20.0 Å². The molecule has 4 aromatic rings. The van der Waals surface area contributed by atoms with Crippen LogP contribution in [0, 0.1) is 13.8 Å². The monoisotopic (exact) mass is 448 g/mol. The van der Waals surface area contributed by atoms with Crippen LogP contribution in [0.1, 0.15) is 17.0 Å². The number of nitrogens with zero attached hydrogens (tertiary/aromatic N) is 1. The van der Waals surface area contributed by atoms with E-state index >= 15 is 0 Å². The van der Waals surface area contributed by atoms with Crippen molar-refractivity contribution in [2.45, 2.75) is 25.2 Å². The van der Waals surface area contributed by atoms with Gasteiger partial charge in [0.05, 0.1) is 17.2 Å². The van der Waals surface area contributed by atoms with Crippen molar-refractivity contribution in [2.24, 2.45) is 0 Å². The normalized spacial score (nSPS) is 11.3. The largest absolute Gasteiger partial charge is 0.493 e. The van der Waals surface area contributed by atoms with Gasteiger partial charge >= 0.3 is 0 Å². The first kappa shape index (κ1) is 21.6. The lowest BCUT2D eigenvalue weighted by Crippen LogP contribution is -2.12. The summed E-state index contributed by atoms with van der Waals surface area (Å²) in [4.78, 5) is 4.80. The average molecular weight is 449 g/mol. The summed E-state index contributed by atoms with van der Waals surface area (Å²) in [6, 6.07) is 23.3. The Balaban J connectivity index is 1.34. The SMILES string of the molecule is Cc1ccc(S(=O)(=O)Nc2ccc(OCCc3nc(-c4ccccc4)oc3C)cc2)cc1. The standard InChI is InChI=1S/C25H24N2O4S/c1-18-8-14-23(15-9-18)32(28,29)27-21-10-12-22(13-11-21)30-17-16-24-19(2)31-25(26-24)20-6-4-3-5-7-20/h3-15,27H,16-17H2,1-2H3. The molecule has 0 aliphatic rings. The van der Waals surface area contributed by atoms with E-state index in [1.54, 1.807) is 48.5 Å². The highest BCUT2D eigenvalue weighted by atomic mass is 32.2. The van der Waals surface area contributed by atoms with Gasteiger partial charge in [0.15, 0.2) is 0 Å². The van der Waals surface area contributed by atoms with Crippen molar-refractivity contribution in [3.8, 4) is 17.2 Å². The lowest BCUT2D eigenvalue weighted by Gasteiger charge is -2.10. The minimum Gasteiger partial charge on any atom is -0.493 e. The first-order valence-corrected chi connectivity index (χ1v) is 11.7. The predicted octanol–water partition coefficient (Wildman–Crippen LogP) is 5.38. The Hall–Kier alpha value is -3.58. The molecular weight excluding hydrogens is 424 g/mol. The molecule has 0 unspecified atom stereocenters. The summed E-state index contributed by atoms with van der Waals surface area (Å²) in [5.74, 6) is 2.02. The molecule has 164 valence electrons. The molecule has 4 rings (SSSR count). The number of rotatable bonds is 8. The predicted molar refractivity (Wildman–Crippen MR) is 124 cm³/mol. The topological polar surface area (TPSA) is 81.4 Å². The van der Waals surface area contributed by atoms with Crippen LogP contribution in [0.3, 0.4) is 0 Å². The first-order valence-electron chi connectivity index (χ1n) is 10.2. The number of benzene rings is 3. The number of oxazole rings is 1. The van der Waals surface area contributed by atoms with Gasteiger partial charge in [-0.05, 0) is 62.4 Å². The third-order valence-corrected chi connectivity index (χ3v) is 6.36. The molecule has 0 aliphatic heterocycles. The van der Waals surface area contributed by atoms with Crippen molar-refractivity contribution in [1.82, 2.24) is 4.98 Å². The number of aryl methyl sites for hydroxylation is 2. The fourth-order valence-corrected chi connectivity index (χ4v) is 4.24. The zero-order chi connectivity index (χ0) is 22.6. The second-order valence-corrected chi connectivity index (χ2v) is 9.11. The van der Waals surface area contributed by atoms with E-state index in [9.17, 15) is 8.42 Å². The molecule has 1 aromatic heterocycles. The smallest absolute Gasteiger partial charge is 0.261 e. The van der Waals surface area contributed by atoms with Crippen LogP contribution in [0.4, 0.5) is 5.69 Å². The summed E-state index contributed by atoms with van der Waals surface area (Å²) in [6.07, 6.45) is 0.601. The number of anilines is 1. The fraction of sp³-hybridized carbons (Fsp3) is 0.160.